The van der Waals surface area contributed by atoms with E-state index in [0.29, 0.717) is 6.42 Å². The van der Waals surface area contributed by atoms with Crippen molar-refractivity contribution in [3.8, 4) is 0 Å². The van der Waals surface area contributed by atoms with Crippen molar-refractivity contribution in [2.75, 3.05) is 0 Å². The number of nitrogens with one attached hydrogen (secondary N) is 1. The summed E-state index contributed by atoms with van der Waals surface area (Å²) in [5.41, 5.74) is 6.73. The summed E-state index contributed by atoms with van der Waals surface area (Å²) in [4.78, 5) is 12.2. The Morgan fingerprint density at radius 1 is 1.04 bits per heavy atom. The molecule has 3 rings (SSSR count). The second-order valence-electron chi connectivity index (χ2n) is 6.84. The normalized spacial score (nSPS) is 14.2. The van der Waals surface area contributed by atoms with Crippen LogP contribution < -0.4 is 5.32 Å². The number of rotatable bonds is 6. The lowest BCUT2D eigenvalue weighted by molar-refractivity contribution is -0.121. The van der Waals surface area contributed by atoms with Gasteiger partial charge in [0.1, 0.15) is 0 Å². The van der Waals surface area contributed by atoms with Crippen molar-refractivity contribution in [1.82, 2.24) is 5.32 Å². The molecule has 0 spiro atoms. The summed E-state index contributed by atoms with van der Waals surface area (Å²) in [6, 6.07) is 15.3. The van der Waals surface area contributed by atoms with E-state index in [9.17, 15) is 4.79 Å². The van der Waals surface area contributed by atoms with Gasteiger partial charge in [0.15, 0.2) is 0 Å². The standard InChI is InChI=1S/C22H27NO/c1-3-17-7-9-18(10-8-17)11-14-22(24)23-16(2)20-13-12-19-5-4-6-21(19)15-20/h7-10,12-13,15-16H,3-6,11,14H2,1-2H3,(H,23,24)/t16-/m1/s1. The first kappa shape index (κ1) is 16.8. The molecular weight excluding hydrogens is 294 g/mol. The van der Waals surface area contributed by atoms with Crippen LogP contribution in [-0.4, -0.2) is 5.91 Å². The van der Waals surface area contributed by atoms with Crippen molar-refractivity contribution in [3.63, 3.8) is 0 Å². The zero-order chi connectivity index (χ0) is 16.9. The SMILES string of the molecule is CCc1ccc(CCC(=O)N[C@H](C)c2ccc3c(c2)CCC3)cc1. The Morgan fingerprint density at radius 3 is 2.50 bits per heavy atom. The Kier molecular flexibility index (Phi) is 5.34. The van der Waals surface area contributed by atoms with E-state index in [-0.39, 0.29) is 11.9 Å². The molecule has 1 N–H and O–H groups in total. The van der Waals surface area contributed by atoms with Gasteiger partial charge >= 0.3 is 0 Å². The lowest BCUT2D eigenvalue weighted by Gasteiger charge is -2.16. The molecule has 0 heterocycles. The highest BCUT2D eigenvalue weighted by Gasteiger charge is 2.14. The van der Waals surface area contributed by atoms with Crippen molar-refractivity contribution < 1.29 is 4.79 Å². The maximum absolute atomic E-state index is 12.2. The van der Waals surface area contributed by atoms with Crippen LogP contribution in [0, 0.1) is 0 Å². The molecular formula is C22H27NO. The minimum absolute atomic E-state index is 0.0749. The summed E-state index contributed by atoms with van der Waals surface area (Å²) < 4.78 is 0. The molecule has 1 amide bonds. The molecule has 0 aliphatic heterocycles. The van der Waals surface area contributed by atoms with E-state index in [1.54, 1.807) is 0 Å². The van der Waals surface area contributed by atoms with E-state index in [2.05, 4.69) is 61.6 Å². The van der Waals surface area contributed by atoms with Gasteiger partial charge in [0, 0.05) is 6.42 Å². The number of fused-ring (bicyclic) bond motifs is 1. The smallest absolute Gasteiger partial charge is 0.220 e. The lowest BCUT2D eigenvalue weighted by Crippen LogP contribution is -2.26. The minimum Gasteiger partial charge on any atom is -0.350 e. The van der Waals surface area contributed by atoms with Crippen LogP contribution in [0.4, 0.5) is 0 Å². The number of hydrogen-bond acceptors (Lipinski definition) is 1. The van der Waals surface area contributed by atoms with Gasteiger partial charge in [-0.25, -0.2) is 0 Å². The van der Waals surface area contributed by atoms with Crippen molar-refractivity contribution in [1.29, 1.82) is 0 Å². The summed E-state index contributed by atoms with van der Waals surface area (Å²) in [5.74, 6) is 0.127. The first-order chi connectivity index (χ1) is 11.7. The first-order valence-electron chi connectivity index (χ1n) is 9.14. The van der Waals surface area contributed by atoms with E-state index in [0.717, 1.165) is 12.8 Å². The second-order valence-corrected chi connectivity index (χ2v) is 6.84. The highest BCUT2D eigenvalue weighted by molar-refractivity contribution is 5.76. The van der Waals surface area contributed by atoms with Crippen LogP contribution in [0.15, 0.2) is 42.5 Å². The van der Waals surface area contributed by atoms with Gasteiger partial charge < -0.3 is 5.32 Å². The highest BCUT2D eigenvalue weighted by atomic mass is 16.1. The summed E-state index contributed by atoms with van der Waals surface area (Å²) in [6.07, 6.45) is 6.04. The predicted molar refractivity (Wildman–Crippen MR) is 99.2 cm³/mol. The van der Waals surface area contributed by atoms with Gasteiger partial charge in [0.25, 0.3) is 0 Å². The molecule has 0 saturated carbocycles. The van der Waals surface area contributed by atoms with E-state index < -0.39 is 0 Å². The van der Waals surface area contributed by atoms with Crippen LogP contribution in [0.25, 0.3) is 0 Å². The number of hydrogen-bond donors (Lipinski definition) is 1. The molecule has 1 aliphatic carbocycles. The monoisotopic (exact) mass is 321 g/mol. The second kappa shape index (κ2) is 7.65. The maximum Gasteiger partial charge on any atom is 0.220 e. The molecule has 0 aromatic heterocycles. The molecule has 2 heteroatoms. The minimum atomic E-state index is 0.0749. The molecule has 126 valence electrons. The summed E-state index contributed by atoms with van der Waals surface area (Å²) >= 11 is 0. The Bertz CT molecular complexity index is 702. The van der Waals surface area contributed by atoms with Gasteiger partial charge in [-0.15, -0.1) is 0 Å². The van der Waals surface area contributed by atoms with Crippen LogP contribution >= 0.6 is 0 Å². The fourth-order valence-electron chi connectivity index (χ4n) is 3.46. The molecule has 0 unspecified atom stereocenters. The summed E-state index contributed by atoms with van der Waals surface area (Å²) in [6.45, 7) is 4.23. The molecule has 0 fully saturated rings. The van der Waals surface area contributed by atoms with Gasteiger partial charge in [-0.3, -0.25) is 4.79 Å². The van der Waals surface area contributed by atoms with E-state index in [4.69, 9.17) is 0 Å². The third kappa shape index (κ3) is 4.05. The Labute approximate surface area is 145 Å². The molecule has 1 aliphatic rings. The summed E-state index contributed by atoms with van der Waals surface area (Å²) in [5, 5.41) is 3.14. The van der Waals surface area contributed by atoms with Crippen molar-refractivity contribution in [2.45, 2.75) is 58.4 Å². The van der Waals surface area contributed by atoms with Crippen LogP contribution in [0.5, 0.6) is 0 Å². The molecule has 24 heavy (non-hydrogen) atoms. The molecule has 0 bridgehead atoms. The number of carbonyl (C=O) groups excluding carboxylic acids is 1. The highest BCUT2D eigenvalue weighted by Crippen LogP contribution is 2.25. The lowest BCUT2D eigenvalue weighted by atomic mass is 10.0. The van der Waals surface area contributed by atoms with Crippen molar-refractivity contribution >= 4 is 5.91 Å². The van der Waals surface area contributed by atoms with E-state index >= 15 is 0 Å². The van der Waals surface area contributed by atoms with E-state index in [1.165, 1.54) is 47.1 Å². The number of benzene rings is 2. The predicted octanol–water partition coefficient (Wildman–Crippen LogP) is 4.55. The van der Waals surface area contributed by atoms with Crippen molar-refractivity contribution in [3.05, 3.63) is 70.3 Å². The van der Waals surface area contributed by atoms with Crippen LogP contribution in [0.1, 0.15) is 60.5 Å². The number of carbonyl (C=O) groups is 1. The molecule has 0 saturated heterocycles. The average Bonchev–Trinajstić information content (AvgIpc) is 3.08. The van der Waals surface area contributed by atoms with Gasteiger partial charge in [-0.05, 0) is 66.8 Å². The molecule has 2 nitrogen and oxygen atoms in total. The first-order valence-corrected chi connectivity index (χ1v) is 9.14. The number of aryl methyl sites for hydroxylation is 4. The third-order valence-corrected chi connectivity index (χ3v) is 5.07. The maximum atomic E-state index is 12.2. The largest absolute Gasteiger partial charge is 0.350 e. The fraction of sp³-hybridized carbons (Fsp3) is 0.409. The topological polar surface area (TPSA) is 29.1 Å². The zero-order valence-electron chi connectivity index (χ0n) is 14.8. The fourth-order valence-corrected chi connectivity index (χ4v) is 3.46. The molecule has 1 atom stereocenters. The Hall–Kier alpha value is -2.09. The third-order valence-electron chi connectivity index (χ3n) is 5.07. The van der Waals surface area contributed by atoms with Gasteiger partial charge in [-0.2, -0.15) is 0 Å². The molecule has 2 aromatic rings. The Balaban J connectivity index is 1.52. The Morgan fingerprint density at radius 2 is 1.75 bits per heavy atom. The van der Waals surface area contributed by atoms with Crippen LogP contribution in [0.2, 0.25) is 0 Å². The molecule has 0 radical (unpaired) electrons. The van der Waals surface area contributed by atoms with Crippen LogP contribution in [-0.2, 0) is 30.5 Å². The van der Waals surface area contributed by atoms with Crippen molar-refractivity contribution in [2.24, 2.45) is 0 Å². The van der Waals surface area contributed by atoms with Gasteiger partial charge in [0.05, 0.1) is 6.04 Å². The molecule has 2 aromatic carbocycles. The van der Waals surface area contributed by atoms with E-state index in [1.807, 2.05) is 0 Å². The zero-order valence-corrected chi connectivity index (χ0v) is 14.8. The average molecular weight is 321 g/mol. The van der Waals surface area contributed by atoms with Gasteiger partial charge in [0.2, 0.25) is 5.91 Å². The number of amides is 1. The quantitative estimate of drug-likeness (QED) is 0.831. The summed E-state index contributed by atoms with van der Waals surface area (Å²) in [7, 11) is 0. The van der Waals surface area contributed by atoms with Crippen LogP contribution in [0.3, 0.4) is 0 Å². The van der Waals surface area contributed by atoms with Gasteiger partial charge in [-0.1, -0.05) is 49.4 Å².